The van der Waals surface area contributed by atoms with Crippen molar-refractivity contribution in [3.63, 3.8) is 0 Å². The Morgan fingerprint density at radius 3 is 2.47 bits per heavy atom. The first-order valence-corrected chi connectivity index (χ1v) is 5.67. The van der Waals surface area contributed by atoms with E-state index in [1.807, 2.05) is 6.92 Å². The quantitative estimate of drug-likeness (QED) is 0.712. The maximum absolute atomic E-state index is 11.7. The van der Waals surface area contributed by atoms with Gasteiger partial charge < -0.3 is 14.6 Å². The number of carbonyl (C=O) groups is 2. The number of esters is 1. The molecule has 0 aromatic carbocycles. The number of hydrogen-bond donors (Lipinski definition) is 1. The molecule has 3 atom stereocenters. The molecule has 1 aliphatic rings. The van der Waals surface area contributed by atoms with Crippen LogP contribution < -0.4 is 0 Å². The van der Waals surface area contributed by atoms with Gasteiger partial charge in [-0.2, -0.15) is 0 Å². The van der Waals surface area contributed by atoms with Crippen LogP contribution in [0.3, 0.4) is 0 Å². The zero-order valence-electron chi connectivity index (χ0n) is 10.4. The lowest BCUT2D eigenvalue weighted by Crippen LogP contribution is -2.57. The SMILES string of the molecule is CC[C@@H]1[C@H](O)CCN(C(=O)OC)[C@@H]1C(=O)OC. The van der Waals surface area contributed by atoms with Crippen molar-refractivity contribution in [1.82, 2.24) is 4.90 Å². The molecule has 6 nitrogen and oxygen atoms in total. The number of hydrogen-bond acceptors (Lipinski definition) is 5. The van der Waals surface area contributed by atoms with Crippen molar-refractivity contribution < 1.29 is 24.2 Å². The topological polar surface area (TPSA) is 76.1 Å². The number of rotatable bonds is 2. The predicted octanol–water partition coefficient (Wildman–Crippen LogP) is 0.387. The fourth-order valence-corrected chi connectivity index (χ4v) is 2.31. The lowest BCUT2D eigenvalue weighted by molar-refractivity contribution is -0.153. The molecular formula is C11H19NO5. The van der Waals surface area contributed by atoms with Gasteiger partial charge in [0.15, 0.2) is 0 Å². The summed E-state index contributed by atoms with van der Waals surface area (Å²) in [6, 6.07) is -0.763. The van der Waals surface area contributed by atoms with E-state index in [9.17, 15) is 14.7 Å². The number of aliphatic hydroxyl groups is 1. The van der Waals surface area contributed by atoms with Crippen molar-refractivity contribution in [1.29, 1.82) is 0 Å². The molecule has 98 valence electrons. The summed E-state index contributed by atoms with van der Waals surface area (Å²) < 4.78 is 9.34. The van der Waals surface area contributed by atoms with E-state index in [1.165, 1.54) is 19.1 Å². The summed E-state index contributed by atoms with van der Waals surface area (Å²) in [6.45, 7) is 2.16. The van der Waals surface area contributed by atoms with Crippen molar-refractivity contribution in [2.45, 2.75) is 31.9 Å². The normalized spacial score (nSPS) is 28.7. The predicted molar refractivity (Wildman–Crippen MR) is 59.3 cm³/mol. The van der Waals surface area contributed by atoms with Gasteiger partial charge in [-0.05, 0) is 12.8 Å². The van der Waals surface area contributed by atoms with Crippen LogP contribution in [-0.4, -0.2) is 55.0 Å². The number of amides is 1. The molecule has 1 heterocycles. The third-order valence-corrected chi connectivity index (χ3v) is 3.22. The highest BCUT2D eigenvalue weighted by Gasteiger charge is 2.43. The second kappa shape index (κ2) is 5.86. The van der Waals surface area contributed by atoms with Gasteiger partial charge in [0.05, 0.1) is 20.3 Å². The maximum Gasteiger partial charge on any atom is 0.410 e. The molecule has 1 amide bonds. The molecule has 0 unspecified atom stereocenters. The highest BCUT2D eigenvalue weighted by Crippen LogP contribution is 2.28. The second-order valence-electron chi connectivity index (χ2n) is 4.06. The van der Waals surface area contributed by atoms with Gasteiger partial charge in [-0.1, -0.05) is 6.92 Å². The van der Waals surface area contributed by atoms with Crippen LogP contribution in [0.5, 0.6) is 0 Å². The minimum atomic E-state index is -0.763. The Morgan fingerprint density at radius 1 is 1.35 bits per heavy atom. The fraction of sp³-hybridized carbons (Fsp3) is 0.818. The molecule has 0 aromatic heterocycles. The Labute approximate surface area is 100 Å². The third-order valence-electron chi connectivity index (χ3n) is 3.22. The van der Waals surface area contributed by atoms with Crippen LogP contribution in [0.15, 0.2) is 0 Å². The zero-order chi connectivity index (χ0) is 13.0. The molecule has 0 aromatic rings. The van der Waals surface area contributed by atoms with E-state index < -0.39 is 24.2 Å². The first kappa shape index (κ1) is 13.8. The Kier molecular flexibility index (Phi) is 4.74. The first-order valence-electron chi connectivity index (χ1n) is 5.67. The summed E-state index contributed by atoms with van der Waals surface area (Å²) in [6.07, 6.45) is -0.119. The highest BCUT2D eigenvalue weighted by atomic mass is 16.5. The summed E-state index contributed by atoms with van der Waals surface area (Å²) >= 11 is 0. The van der Waals surface area contributed by atoms with E-state index in [0.717, 1.165) is 0 Å². The van der Waals surface area contributed by atoms with Gasteiger partial charge in [-0.25, -0.2) is 9.59 Å². The Balaban J connectivity index is 2.96. The molecule has 1 rings (SSSR count). The van der Waals surface area contributed by atoms with Crippen molar-refractivity contribution in [3.05, 3.63) is 0 Å². The van der Waals surface area contributed by atoms with Crippen LogP contribution in [0.2, 0.25) is 0 Å². The summed E-state index contributed by atoms with van der Waals surface area (Å²) in [5.41, 5.74) is 0. The Morgan fingerprint density at radius 2 is 2.00 bits per heavy atom. The van der Waals surface area contributed by atoms with E-state index in [-0.39, 0.29) is 5.92 Å². The Bertz CT molecular complexity index is 294. The highest BCUT2D eigenvalue weighted by molar-refractivity contribution is 5.82. The molecule has 1 aliphatic heterocycles. The second-order valence-corrected chi connectivity index (χ2v) is 4.06. The molecule has 0 radical (unpaired) electrons. The average molecular weight is 245 g/mol. The standard InChI is InChI=1S/C11H19NO5/c1-4-7-8(13)5-6-12(11(15)17-3)9(7)10(14)16-2/h7-9,13H,4-6H2,1-3H3/t7-,8-,9+/m1/s1. The summed E-state index contributed by atoms with van der Waals surface area (Å²) in [7, 11) is 2.54. The van der Waals surface area contributed by atoms with Crippen LogP contribution >= 0.6 is 0 Å². The van der Waals surface area contributed by atoms with Crippen molar-refractivity contribution in [2.75, 3.05) is 20.8 Å². The number of carbonyl (C=O) groups excluding carboxylic acids is 2. The van der Waals surface area contributed by atoms with Crippen molar-refractivity contribution >= 4 is 12.1 Å². The molecule has 17 heavy (non-hydrogen) atoms. The lowest BCUT2D eigenvalue weighted by Gasteiger charge is -2.40. The molecular weight excluding hydrogens is 226 g/mol. The molecule has 0 aliphatic carbocycles. The van der Waals surface area contributed by atoms with Gasteiger partial charge >= 0.3 is 12.1 Å². The van der Waals surface area contributed by atoms with Crippen LogP contribution in [0, 0.1) is 5.92 Å². The first-order chi connectivity index (χ1) is 8.06. The smallest absolute Gasteiger partial charge is 0.410 e. The average Bonchev–Trinajstić information content (AvgIpc) is 2.36. The molecule has 1 saturated heterocycles. The van der Waals surface area contributed by atoms with Crippen LogP contribution in [0.25, 0.3) is 0 Å². The van der Waals surface area contributed by atoms with Gasteiger partial charge in [-0.3, -0.25) is 4.90 Å². The number of methoxy groups -OCH3 is 2. The fourth-order valence-electron chi connectivity index (χ4n) is 2.31. The molecule has 1 fully saturated rings. The Hall–Kier alpha value is -1.30. The van der Waals surface area contributed by atoms with E-state index in [0.29, 0.717) is 19.4 Å². The maximum atomic E-state index is 11.7. The van der Waals surface area contributed by atoms with Gasteiger partial charge in [0.1, 0.15) is 6.04 Å². The van der Waals surface area contributed by atoms with Crippen LogP contribution in [-0.2, 0) is 14.3 Å². The van der Waals surface area contributed by atoms with Crippen molar-refractivity contribution in [2.24, 2.45) is 5.92 Å². The molecule has 1 N–H and O–H groups in total. The summed E-state index contributed by atoms with van der Waals surface area (Å²) in [5, 5.41) is 9.87. The molecule has 0 saturated carbocycles. The number of nitrogens with zero attached hydrogens (tertiary/aromatic N) is 1. The minimum absolute atomic E-state index is 0.296. The van der Waals surface area contributed by atoms with Gasteiger partial charge in [0, 0.05) is 12.5 Å². The van der Waals surface area contributed by atoms with E-state index in [4.69, 9.17) is 4.74 Å². The largest absolute Gasteiger partial charge is 0.467 e. The van der Waals surface area contributed by atoms with E-state index in [1.54, 1.807) is 0 Å². The minimum Gasteiger partial charge on any atom is -0.467 e. The van der Waals surface area contributed by atoms with E-state index >= 15 is 0 Å². The van der Waals surface area contributed by atoms with Crippen LogP contribution in [0.4, 0.5) is 4.79 Å². The van der Waals surface area contributed by atoms with Crippen LogP contribution in [0.1, 0.15) is 19.8 Å². The number of piperidine rings is 1. The zero-order valence-corrected chi connectivity index (χ0v) is 10.4. The van der Waals surface area contributed by atoms with Crippen molar-refractivity contribution in [3.8, 4) is 0 Å². The molecule has 0 bridgehead atoms. The summed E-state index contributed by atoms with van der Waals surface area (Å²) in [5.74, 6) is -0.823. The number of aliphatic hydroxyl groups excluding tert-OH is 1. The van der Waals surface area contributed by atoms with Gasteiger partial charge in [0.2, 0.25) is 0 Å². The molecule has 6 heteroatoms. The van der Waals surface area contributed by atoms with Gasteiger partial charge in [-0.15, -0.1) is 0 Å². The third kappa shape index (κ3) is 2.69. The van der Waals surface area contributed by atoms with Gasteiger partial charge in [0.25, 0.3) is 0 Å². The molecule has 0 spiro atoms. The number of ether oxygens (including phenoxy) is 2. The lowest BCUT2D eigenvalue weighted by atomic mass is 9.85. The monoisotopic (exact) mass is 245 g/mol. The summed E-state index contributed by atoms with van der Waals surface area (Å²) in [4.78, 5) is 24.6. The number of likely N-dealkylation sites (tertiary alicyclic amines) is 1. The van der Waals surface area contributed by atoms with E-state index in [2.05, 4.69) is 4.74 Å².